The Morgan fingerprint density at radius 3 is 2.58 bits per heavy atom. The van der Waals surface area contributed by atoms with Gasteiger partial charge in [-0.25, -0.2) is 4.98 Å². The molecule has 0 saturated heterocycles. The Morgan fingerprint density at radius 1 is 1.16 bits per heavy atom. The molecule has 0 N–H and O–H groups in total. The molecule has 3 heteroatoms. The molecule has 0 radical (unpaired) electrons. The fourth-order valence-electron chi connectivity index (χ4n) is 1.80. The van der Waals surface area contributed by atoms with Crippen molar-refractivity contribution in [3.63, 3.8) is 0 Å². The number of unbranched alkanes of at least 4 members (excludes halogenated alkanes) is 1. The van der Waals surface area contributed by atoms with Gasteiger partial charge in [0.15, 0.2) is 0 Å². The van der Waals surface area contributed by atoms with Crippen LogP contribution in [0.15, 0.2) is 41.0 Å². The van der Waals surface area contributed by atoms with Crippen LogP contribution in [0.2, 0.25) is 0 Å². The molecule has 0 atom stereocenters. The Labute approximate surface area is 123 Å². The van der Waals surface area contributed by atoms with Gasteiger partial charge in [-0.1, -0.05) is 25.5 Å². The molecule has 0 spiro atoms. The van der Waals surface area contributed by atoms with Crippen LogP contribution in [0.25, 0.3) is 0 Å². The summed E-state index contributed by atoms with van der Waals surface area (Å²) in [5.74, 6) is 1.43. The first-order valence-corrected chi connectivity index (χ1v) is 7.38. The van der Waals surface area contributed by atoms with Gasteiger partial charge >= 0.3 is 0 Å². The molecule has 1 aromatic heterocycles. The summed E-state index contributed by atoms with van der Waals surface area (Å²) < 4.78 is 6.70. The van der Waals surface area contributed by atoms with Crippen LogP contribution >= 0.6 is 15.9 Å². The summed E-state index contributed by atoms with van der Waals surface area (Å²) in [5, 5.41) is 0. The number of aromatic nitrogens is 1. The van der Waals surface area contributed by atoms with E-state index in [2.05, 4.69) is 40.0 Å². The van der Waals surface area contributed by atoms with Gasteiger partial charge in [-0.15, -0.1) is 0 Å². The summed E-state index contributed by atoms with van der Waals surface area (Å²) in [6.45, 7) is 4.23. The summed E-state index contributed by atoms with van der Waals surface area (Å²) in [7, 11) is 0. The van der Waals surface area contributed by atoms with E-state index in [0.717, 1.165) is 22.2 Å². The zero-order chi connectivity index (χ0) is 13.7. The average Bonchev–Trinajstić information content (AvgIpc) is 2.43. The molecule has 2 nitrogen and oxygen atoms in total. The van der Waals surface area contributed by atoms with Gasteiger partial charge in [-0.2, -0.15) is 0 Å². The van der Waals surface area contributed by atoms with Crippen LogP contribution < -0.4 is 4.74 Å². The molecule has 100 valence electrons. The Hall–Kier alpha value is -1.35. The minimum Gasteiger partial charge on any atom is -0.438 e. The zero-order valence-electron chi connectivity index (χ0n) is 11.3. The lowest BCUT2D eigenvalue weighted by molar-refractivity contribution is 0.459. The number of hydrogen-bond acceptors (Lipinski definition) is 2. The van der Waals surface area contributed by atoms with E-state index in [1.165, 1.54) is 18.4 Å². The van der Waals surface area contributed by atoms with Gasteiger partial charge in [0.05, 0.1) is 4.47 Å². The fraction of sp³-hybridized carbons (Fsp3) is 0.312. The van der Waals surface area contributed by atoms with E-state index in [0.29, 0.717) is 5.88 Å². The smallest absolute Gasteiger partial charge is 0.233 e. The predicted octanol–water partition coefficient (Wildman–Crippen LogP) is 5.29. The summed E-state index contributed by atoms with van der Waals surface area (Å²) in [5.41, 5.74) is 2.47. The molecule has 1 aromatic carbocycles. The zero-order valence-corrected chi connectivity index (χ0v) is 12.9. The van der Waals surface area contributed by atoms with Gasteiger partial charge in [0.25, 0.3) is 0 Å². The van der Waals surface area contributed by atoms with Crippen LogP contribution in [-0.4, -0.2) is 4.98 Å². The van der Waals surface area contributed by atoms with Crippen molar-refractivity contribution in [2.75, 3.05) is 0 Å². The second-order valence-electron chi connectivity index (χ2n) is 4.60. The number of halogens is 1. The molecular formula is C16H18BrNO. The maximum absolute atomic E-state index is 5.79. The van der Waals surface area contributed by atoms with Crippen LogP contribution in [0.4, 0.5) is 0 Å². The van der Waals surface area contributed by atoms with E-state index >= 15 is 0 Å². The van der Waals surface area contributed by atoms with Gasteiger partial charge in [-0.3, -0.25) is 0 Å². The average molecular weight is 320 g/mol. The Balaban J connectivity index is 2.09. The van der Waals surface area contributed by atoms with E-state index in [-0.39, 0.29) is 0 Å². The van der Waals surface area contributed by atoms with Crippen molar-refractivity contribution in [2.24, 2.45) is 0 Å². The maximum atomic E-state index is 5.79. The third-order valence-corrected chi connectivity index (χ3v) is 3.97. The monoisotopic (exact) mass is 319 g/mol. The van der Waals surface area contributed by atoms with Crippen molar-refractivity contribution >= 4 is 15.9 Å². The molecule has 0 amide bonds. The van der Waals surface area contributed by atoms with Crippen molar-refractivity contribution in [1.82, 2.24) is 4.98 Å². The molecule has 0 aliphatic heterocycles. The van der Waals surface area contributed by atoms with Crippen LogP contribution in [0.5, 0.6) is 11.6 Å². The van der Waals surface area contributed by atoms with Crippen molar-refractivity contribution < 1.29 is 4.74 Å². The molecule has 0 unspecified atom stereocenters. The molecular weight excluding hydrogens is 302 g/mol. The third-order valence-electron chi connectivity index (χ3n) is 3.01. The molecule has 2 aromatic rings. The first kappa shape index (κ1) is 14.1. The minimum atomic E-state index is 0.612. The second kappa shape index (κ2) is 6.71. The standard InChI is InChI=1S/C16H18BrNO/c1-3-4-5-13-6-8-14(9-7-13)19-16-15(17)12(2)10-11-18-16/h6-11H,3-5H2,1-2H3. The van der Waals surface area contributed by atoms with E-state index < -0.39 is 0 Å². The largest absolute Gasteiger partial charge is 0.438 e. The lowest BCUT2D eigenvalue weighted by Gasteiger charge is -2.08. The predicted molar refractivity (Wildman–Crippen MR) is 81.8 cm³/mol. The normalized spacial score (nSPS) is 10.5. The molecule has 0 saturated carbocycles. The summed E-state index contributed by atoms with van der Waals surface area (Å²) in [6.07, 6.45) is 5.33. The van der Waals surface area contributed by atoms with Crippen LogP contribution in [0.3, 0.4) is 0 Å². The molecule has 19 heavy (non-hydrogen) atoms. The highest BCUT2D eigenvalue weighted by Gasteiger charge is 2.06. The number of aryl methyl sites for hydroxylation is 2. The number of rotatable bonds is 5. The molecule has 0 aliphatic rings. The number of nitrogens with zero attached hydrogens (tertiary/aromatic N) is 1. The lowest BCUT2D eigenvalue weighted by atomic mass is 10.1. The topological polar surface area (TPSA) is 22.1 Å². The van der Waals surface area contributed by atoms with Crippen molar-refractivity contribution in [3.8, 4) is 11.6 Å². The number of ether oxygens (including phenoxy) is 1. The number of hydrogen-bond donors (Lipinski definition) is 0. The number of pyridine rings is 1. The van der Waals surface area contributed by atoms with Gasteiger partial charge in [-0.05, 0) is 65.0 Å². The van der Waals surface area contributed by atoms with Crippen LogP contribution in [0, 0.1) is 6.92 Å². The molecule has 0 bridgehead atoms. The van der Waals surface area contributed by atoms with Crippen molar-refractivity contribution in [3.05, 3.63) is 52.1 Å². The third kappa shape index (κ3) is 3.80. The highest BCUT2D eigenvalue weighted by atomic mass is 79.9. The summed E-state index contributed by atoms with van der Waals surface area (Å²) in [6, 6.07) is 10.2. The first-order valence-electron chi connectivity index (χ1n) is 6.58. The van der Waals surface area contributed by atoms with Gasteiger partial charge in [0.1, 0.15) is 5.75 Å². The second-order valence-corrected chi connectivity index (χ2v) is 5.39. The van der Waals surface area contributed by atoms with E-state index in [1.54, 1.807) is 6.20 Å². The summed E-state index contributed by atoms with van der Waals surface area (Å²) >= 11 is 3.50. The lowest BCUT2D eigenvalue weighted by Crippen LogP contribution is -1.91. The Morgan fingerprint density at radius 2 is 1.89 bits per heavy atom. The first-order chi connectivity index (χ1) is 9.20. The Bertz CT molecular complexity index is 537. The quantitative estimate of drug-likeness (QED) is 0.747. The summed E-state index contributed by atoms with van der Waals surface area (Å²) in [4.78, 5) is 4.24. The van der Waals surface area contributed by atoms with E-state index in [4.69, 9.17) is 4.74 Å². The molecule has 2 rings (SSSR count). The van der Waals surface area contributed by atoms with Crippen molar-refractivity contribution in [2.45, 2.75) is 33.1 Å². The van der Waals surface area contributed by atoms with Gasteiger partial charge < -0.3 is 4.74 Å². The highest BCUT2D eigenvalue weighted by molar-refractivity contribution is 9.10. The van der Waals surface area contributed by atoms with Gasteiger partial charge in [0.2, 0.25) is 5.88 Å². The molecule has 0 fully saturated rings. The fourth-order valence-corrected chi connectivity index (χ4v) is 2.12. The number of benzene rings is 1. The molecule has 0 aliphatic carbocycles. The van der Waals surface area contributed by atoms with Crippen LogP contribution in [0.1, 0.15) is 30.9 Å². The SMILES string of the molecule is CCCCc1ccc(Oc2nccc(C)c2Br)cc1. The minimum absolute atomic E-state index is 0.612. The van der Waals surface area contributed by atoms with E-state index in [9.17, 15) is 0 Å². The van der Waals surface area contributed by atoms with Gasteiger partial charge in [0, 0.05) is 6.20 Å². The molecule has 1 heterocycles. The Kier molecular flexibility index (Phi) is 4.97. The van der Waals surface area contributed by atoms with Crippen molar-refractivity contribution in [1.29, 1.82) is 0 Å². The van der Waals surface area contributed by atoms with Crippen LogP contribution in [-0.2, 0) is 6.42 Å². The van der Waals surface area contributed by atoms with E-state index in [1.807, 2.05) is 25.1 Å². The highest BCUT2D eigenvalue weighted by Crippen LogP contribution is 2.29. The maximum Gasteiger partial charge on any atom is 0.233 e.